The second kappa shape index (κ2) is 10.2. The lowest BCUT2D eigenvalue weighted by molar-refractivity contribution is -0.115. The van der Waals surface area contributed by atoms with Crippen molar-refractivity contribution in [3.05, 3.63) is 47.7 Å². The molecule has 2 amide bonds. The summed E-state index contributed by atoms with van der Waals surface area (Å²) in [4.78, 5) is 27.8. The Morgan fingerprint density at radius 3 is 2.64 bits per heavy atom. The van der Waals surface area contributed by atoms with Crippen molar-refractivity contribution in [3.63, 3.8) is 0 Å². The number of anilines is 1. The van der Waals surface area contributed by atoms with Gasteiger partial charge < -0.3 is 20.1 Å². The van der Waals surface area contributed by atoms with Gasteiger partial charge in [0.25, 0.3) is 12.3 Å². The van der Waals surface area contributed by atoms with Gasteiger partial charge >= 0.3 is 0 Å². The van der Waals surface area contributed by atoms with Gasteiger partial charge in [-0.2, -0.15) is 0 Å². The maximum Gasteiger partial charge on any atom is 0.272 e. The van der Waals surface area contributed by atoms with Gasteiger partial charge in [0.05, 0.1) is 7.11 Å². The number of hydrogen-bond donors (Lipinski definition) is 2. The van der Waals surface area contributed by atoms with E-state index in [4.69, 9.17) is 9.47 Å². The van der Waals surface area contributed by atoms with Crippen molar-refractivity contribution in [2.75, 3.05) is 19.0 Å². The number of benzene rings is 1. The molecule has 2 N–H and O–H groups in total. The van der Waals surface area contributed by atoms with E-state index in [0.29, 0.717) is 29.1 Å². The van der Waals surface area contributed by atoms with Gasteiger partial charge in [-0.3, -0.25) is 9.59 Å². The summed E-state index contributed by atoms with van der Waals surface area (Å²) >= 11 is 0. The highest BCUT2D eigenvalue weighted by molar-refractivity contribution is 5.96. The van der Waals surface area contributed by atoms with Gasteiger partial charge in [-0.25, -0.2) is 13.8 Å². The van der Waals surface area contributed by atoms with Crippen LogP contribution in [0.5, 0.6) is 11.5 Å². The molecule has 0 aliphatic heterocycles. The maximum atomic E-state index is 12.3. The molecule has 0 radical (unpaired) electrons. The highest BCUT2D eigenvalue weighted by Crippen LogP contribution is 2.28. The van der Waals surface area contributed by atoms with Crippen molar-refractivity contribution in [3.8, 4) is 11.5 Å². The van der Waals surface area contributed by atoms with Crippen molar-refractivity contribution in [2.24, 2.45) is 0 Å². The third kappa shape index (κ3) is 6.19. The first-order chi connectivity index (χ1) is 13.4. The average molecular weight is 393 g/mol. The van der Waals surface area contributed by atoms with E-state index in [-0.39, 0.29) is 24.1 Å². The Kier molecular flexibility index (Phi) is 7.67. The van der Waals surface area contributed by atoms with Crippen molar-refractivity contribution < 1.29 is 27.8 Å². The van der Waals surface area contributed by atoms with Gasteiger partial charge in [-0.05, 0) is 29.8 Å². The van der Waals surface area contributed by atoms with Gasteiger partial charge in [0.1, 0.15) is 12.4 Å². The van der Waals surface area contributed by atoms with E-state index in [2.05, 4.69) is 15.6 Å². The topological polar surface area (TPSA) is 89.6 Å². The molecule has 0 bridgehead atoms. The summed E-state index contributed by atoms with van der Waals surface area (Å²) in [6.45, 7) is 1.17. The molecule has 0 spiro atoms. The highest BCUT2D eigenvalue weighted by atomic mass is 19.3. The van der Waals surface area contributed by atoms with Gasteiger partial charge in [-0.15, -0.1) is 0 Å². The zero-order chi connectivity index (χ0) is 20.5. The van der Waals surface area contributed by atoms with Crippen LogP contribution < -0.4 is 20.1 Å². The SMILES string of the molecule is CCC(=O)Nc1cc(C(=O)NCc2ccc(OCC(F)F)c(OC)c2)ccn1. The lowest BCUT2D eigenvalue weighted by atomic mass is 10.2. The number of carbonyl (C=O) groups is 2. The fraction of sp³-hybridized carbons (Fsp3) is 0.316. The van der Waals surface area contributed by atoms with E-state index in [9.17, 15) is 18.4 Å². The summed E-state index contributed by atoms with van der Waals surface area (Å²) in [7, 11) is 1.40. The number of amides is 2. The van der Waals surface area contributed by atoms with Crippen LogP contribution in [0, 0.1) is 0 Å². The molecule has 9 heteroatoms. The molecule has 7 nitrogen and oxygen atoms in total. The van der Waals surface area contributed by atoms with Crippen molar-refractivity contribution in [2.45, 2.75) is 26.3 Å². The predicted molar refractivity (Wildman–Crippen MR) is 98.8 cm³/mol. The standard InChI is InChI=1S/C19H21F2N3O4/c1-3-18(25)24-17-9-13(6-7-22-17)19(26)23-10-12-4-5-14(15(8-12)27-2)28-11-16(20)21/h4-9,16H,3,10-11H2,1-2H3,(H,23,26)(H,22,24,25). The molecule has 0 fully saturated rings. The average Bonchev–Trinajstić information content (AvgIpc) is 2.70. The zero-order valence-corrected chi connectivity index (χ0v) is 15.5. The molecule has 0 unspecified atom stereocenters. The first-order valence-electron chi connectivity index (χ1n) is 8.55. The van der Waals surface area contributed by atoms with Crippen molar-refractivity contribution in [1.29, 1.82) is 0 Å². The number of pyridine rings is 1. The smallest absolute Gasteiger partial charge is 0.272 e. The Morgan fingerprint density at radius 1 is 1.18 bits per heavy atom. The van der Waals surface area contributed by atoms with E-state index in [1.807, 2.05) is 0 Å². The number of carbonyl (C=O) groups excluding carboxylic acids is 2. The van der Waals surface area contributed by atoms with E-state index in [1.54, 1.807) is 19.1 Å². The number of halogens is 2. The molecule has 28 heavy (non-hydrogen) atoms. The lowest BCUT2D eigenvalue weighted by Crippen LogP contribution is -2.23. The van der Waals surface area contributed by atoms with Crippen LogP contribution in [0.3, 0.4) is 0 Å². The van der Waals surface area contributed by atoms with Gasteiger partial charge in [0.2, 0.25) is 5.91 Å². The van der Waals surface area contributed by atoms with E-state index in [1.165, 1.54) is 31.5 Å². The first kappa shape index (κ1) is 21.1. The van der Waals surface area contributed by atoms with E-state index >= 15 is 0 Å². The number of hydrogen-bond acceptors (Lipinski definition) is 5. The van der Waals surface area contributed by atoms with Gasteiger partial charge in [0, 0.05) is 24.7 Å². The minimum absolute atomic E-state index is 0.184. The Labute approximate surface area is 161 Å². The summed E-state index contributed by atoms with van der Waals surface area (Å²) < 4.78 is 34.7. The Morgan fingerprint density at radius 2 is 1.96 bits per heavy atom. The quantitative estimate of drug-likeness (QED) is 0.684. The normalized spacial score (nSPS) is 10.5. The zero-order valence-electron chi connectivity index (χ0n) is 15.5. The lowest BCUT2D eigenvalue weighted by Gasteiger charge is -2.12. The first-order valence-corrected chi connectivity index (χ1v) is 8.55. The number of rotatable bonds is 9. The van der Waals surface area contributed by atoms with Crippen LogP contribution in [0.2, 0.25) is 0 Å². The number of aromatic nitrogens is 1. The van der Waals surface area contributed by atoms with Crippen LogP contribution in [-0.4, -0.2) is 36.9 Å². The summed E-state index contributed by atoms with van der Waals surface area (Å²) in [5, 5.41) is 5.32. The number of nitrogens with one attached hydrogen (secondary N) is 2. The molecule has 2 aromatic rings. The molecule has 1 aromatic carbocycles. The summed E-state index contributed by atoms with van der Waals surface area (Å²) in [5.41, 5.74) is 1.04. The van der Waals surface area contributed by atoms with E-state index in [0.717, 1.165) is 0 Å². The molecule has 1 aromatic heterocycles. The van der Waals surface area contributed by atoms with Gasteiger partial charge in [-0.1, -0.05) is 13.0 Å². The molecule has 1 heterocycles. The third-order valence-corrected chi connectivity index (χ3v) is 3.66. The predicted octanol–water partition coefficient (Wildman–Crippen LogP) is 3.01. The second-order valence-electron chi connectivity index (χ2n) is 5.70. The molecule has 0 saturated heterocycles. The van der Waals surface area contributed by atoms with Gasteiger partial charge in [0.15, 0.2) is 11.5 Å². The fourth-order valence-electron chi connectivity index (χ4n) is 2.25. The fourth-order valence-corrected chi connectivity index (χ4v) is 2.25. The van der Waals surface area contributed by atoms with E-state index < -0.39 is 13.0 Å². The number of nitrogens with zero attached hydrogens (tertiary/aromatic N) is 1. The van der Waals surface area contributed by atoms with Crippen molar-refractivity contribution in [1.82, 2.24) is 10.3 Å². The molecule has 0 saturated carbocycles. The summed E-state index contributed by atoms with van der Waals surface area (Å²) in [5.74, 6) is 0.226. The molecular weight excluding hydrogens is 372 g/mol. The summed E-state index contributed by atoms with van der Waals surface area (Å²) in [6, 6.07) is 7.75. The third-order valence-electron chi connectivity index (χ3n) is 3.66. The van der Waals surface area contributed by atoms with Crippen LogP contribution in [-0.2, 0) is 11.3 Å². The van der Waals surface area contributed by atoms with Crippen LogP contribution in [0.15, 0.2) is 36.5 Å². The minimum Gasteiger partial charge on any atom is -0.493 e. The Hall–Kier alpha value is -3.23. The molecule has 150 valence electrons. The molecule has 0 aliphatic rings. The molecule has 0 aliphatic carbocycles. The largest absolute Gasteiger partial charge is 0.493 e. The van der Waals surface area contributed by atoms with Crippen LogP contribution in [0.25, 0.3) is 0 Å². The number of ether oxygens (including phenoxy) is 2. The maximum absolute atomic E-state index is 12.3. The molecule has 0 atom stereocenters. The molecular formula is C19H21F2N3O4. The Balaban J connectivity index is 2.00. The van der Waals surface area contributed by atoms with Crippen molar-refractivity contribution >= 4 is 17.6 Å². The molecule has 2 rings (SSSR count). The Bertz CT molecular complexity index is 831. The summed E-state index contributed by atoms with van der Waals surface area (Å²) in [6.07, 6.45) is -0.856. The number of methoxy groups -OCH3 is 1. The second-order valence-corrected chi connectivity index (χ2v) is 5.70. The minimum atomic E-state index is -2.59. The van der Waals surface area contributed by atoms with Crippen LogP contribution in [0.1, 0.15) is 29.3 Å². The van der Waals surface area contributed by atoms with Crippen LogP contribution >= 0.6 is 0 Å². The van der Waals surface area contributed by atoms with Crippen LogP contribution in [0.4, 0.5) is 14.6 Å². The monoisotopic (exact) mass is 393 g/mol. The highest BCUT2D eigenvalue weighted by Gasteiger charge is 2.11. The number of alkyl halides is 2.